The van der Waals surface area contributed by atoms with E-state index < -0.39 is 5.54 Å². The maximum absolute atomic E-state index is 12.5. The summed E-state index contributed by atoms with van der Waals surface area (Å²) in [5.74, 6) is 0.104. The topological polar surface area (TPSA) is 58.8 Å². The highest BCUT2D eigenvalue weighted by molar-refractivity contribution is 5.86. The summed E-state index contributed by atoms with van der Waals surface area (Å²) in [5.41, 5.74) is 5.43. The van der Waals surface area contributed by atoms with Crippen LogP contribution in [0.5, 0.6) is 0 Å². The first-order valence-electron chi connectivity index (χ1n) is 8.09. The minimum absolute atomic E-state index is 0.104. The van der Waals surface area contributed by atoms with E-state index in [-0.39, 0.29) is 5.91 Å². The number of hydrogen-bond donors (Lipinski definition) is 1. The Hall–Kier alpha value is -0.650. The van der Waals surface area contributed by atoms with Gasteiger partial charge in [-0.05, 0) is 45.2 Å². The lowest BCUT2D eigenvalue weighted by Crippen LogP contribution is -2.58. The molecule has 1 atom stereocenters. The lowest BCUT2D eigenvalue weighted by molar-refractivity contribution is -0.138. The van der Waals surface area contributed by atoms with E-state index >= 15 is 0 Å². The first-order chi connectivity index (χ1) is 9.69. The Bertz CT molecular complexity index is 341. The second kappa shape index (κ2) is 6.00. The van der Waals surface area contributed by atoms with Crippen LogP contribution in [0, 0.1) is 0 Å². The number of nitrogens with zero attached hydrogens (tertiary/aromatic N) is 2. The molecule has 0 aromatic rings. The molecule has 20 heavy (non-hydrogen) atoms. The van der Waals surface area contributed by atoms with Gasteiger partial charge in [-0.25, -0.2) is 0 Å². The summed E-state index contributed by atoms with van der Waals surface area (Å²) >= 11 is 0. The largest absolute Gasteiger partial charge is 0.379 e. The van der Waals surface area contributed by atoms with Crippen molar-refractivity contribution < 1.29 is 9.53 Å². The van der Waals surface area contributed by atoms with Gasteiger partial charge in [0.2, 0.25) is 5.91 Å². The summed E-state index contributed by atoms with van der Waals surface area (Å²) in [6.45, 7) is 5.21. The minimum Gasteiger partial charge on any atom is -0.379 e. The number of rotatable bonds is 2. The summed E-state index contributed by atoms with van der Waals surface area (Å²) in [6.07, 6.45) is 6.91. The van der Waals surface area contributed by atoms with E-state index in [1.165, 1.54) is 32.4 Å². The maximum Gasteiger partial charge on any atom is 0.245 e. The van der Waals surface area contributed by atoms with Gasteiger partial charge in [0.1, 0.15) is 5.54 Å². The van der Waals surface area contributed by atoms with E-state index in [9.17, 15) is 4.79 Å². The van der Waals surface area contributed by atoms with Crippen molar-refractivity contribution in [1.29, 1.82) is 0 Å². The molecule has 5 heteroatoms. The van der Waals surface area contributed by atoms with Gasteiger partial charge in [-0.3, -0.25) is 4.79 Å². The van der Waals surface area contributed by atoms with Crippen LogP contribution >= 0.6 is 0 Å². The number of likely N-dealkylation sites (tertiary alicyclic amines) is 2. The Kier molecular flexibility index (Phi) is 4.29. The highest BCUT2D eigenvalue weighted by Gasteiger charge is 2.42. The third-order valence-corrected chi connectivity index (χ3v) is 5.14. The number of nitrogens with two attached hydrogens (primary N) is 1. The predicted octanol–water partition coefficient (Wildman–Crippen LogP) is 0.581. The van der Waals surface area contributed by atoms with Crippen molar-refractivity contribution in [1.82, 2.24) is 9.80 Å². The molecule has 0 spiro atoms. The van der Waals surface area contributed by atoms with Crippen LogP contribution < -0.4 is 5.73 Å². The van der Waals surface area contributed by atoms with Crippen LogP contribution in [0.3, 0.4) is 0 Å². The fourth-order valence-corrected chi connectivity index (χ4v) is 3.78. The van der Waals surface area contributed by atoms with Crippen LogP contribution in [0.4, 0.5) is 0 Å². The Morgan fingerprint density at radius 2 is 1.80 bits per heavy atom. The zero-order valence-electron chi connectivity index (χ0n) is 12.4. The molecule has 5 nitrogen and oxygen atoms in total. The van der Waals surface area contributed by atoms with Gasteiger partial charge in [0.05, 0.1) is 6.61 Å². The molecule has 0 aromatic heterocycles. The molecular formula is C15H27N3O2. The Labute approximate surface area is 121 Å². The summed E-state index contributed by atoms with van der Waals surface area (Å²) < 4.78 is 5.31. The SMILES string of the molecule is NC1(C(=O)N2CCC(N3CCCCC3)CC2)CCOC1. The lowest BCUT2D eigenvalue weighted by atomic mass is 9.95. The van der Waals surface area contributed by atoms with Gasteiger partial charge < -0.3 is 20.3 Å². The highest BCUT2D eigenvalue weighted by Crippen LogP contribution is 2.24. The summed E-state index contributed by atoms with van der Waals surface area (Å²) in [5, 5.41) is 0. The molecule has 0 aromatic carbocycles. The molecule has 1 unspecified atom stereocenters. The van der Waals surface area contributed by atoms with Gasteiger partial charge in [-0.1, -0.05) is 6.42 Å². The number of piperidine rings is 2. The molecule has 3 rings (SSSR count). The molecule has 0 bridgehead atoms. The quantitative estimate of drug-likeness (QED) is 0.804. The lowest BCUT2D eigenvalue weighted by Gasteiger charge is -2.41. The van der Waals surface area contributed by atoms with Crippen molar-refractivity contribution in [2.24, 2.45) is 5.73 Å². The van der Waals surface area contributed by atoms with Crippen molar-refractivity contribution in [3.8, 4) is 0 Å². The average Bonchev–Trinajstić information content (AvgIpc) is 2.96. The van der Waals surface area contributed by atoms with E-state index in [1.807, 2.05) is 4.90 Å². The van der Waals surface area contributed by atoms with Crippen molar-refractivity contribution >= 4 is 5.91 Å². The summed E-state index contributed by atoms with van der Waals surface area (Å²) in [4.78, 5) is 17.1. The second-order valence-corrected chi connectivity index (χ2v) is 6.58. The van der Waals surface area contributed by atoms with Crippen LogP contribution in [0.25, 0.3) is 0 Å². The number of ether oxygens (including phenoxy) is 1. The van der Waals surface area contributed by atoms with Crippen LogP contribution in [-0.4, -0.2) is 66.7 Å². The third kappa shape index (κ3) is 2.85. The van der Waals surface area contributed by atoms with Crippen LogP contribution in [0.1, 0.15) is 38.5 Å². The monoisotopic (exact) mass is 281 g/mol. The Morgan fingerprint density at radius 3 is 2.40 bits per heavy atom. The molecule has 2 N–H and O–H groups in total. The molecule has 3 aliphatic rings. The van der Waals surface area contributed by atoms with Gasteiger partial charge in [0.15, 0.2) is 0 Å². The molecular weight excluding hydrogens is 254 g/mol. The van der Waals surface area contributed by atoms with Crippen molar-refractivity contribution in [3.63, 3.8) is 0 Å². The first kappa shape index (κ1) is 14.3. The van der Waals surface area contributed by atoms with E-state index in [2.05, 4.69) is 4.90 Å². The first-order valence-corrected chi connectivity index (χ1v) is 8.09. The van der Waals surface area contributed by atoms with Crippen molar-refractivity contribution in [2.75, 3.05) is 39.4 Å². The predicted molar refractivity (Wildman–Crippen MR) is 77.4 cm³/mol. The average molecular weight is 281 g/mol. The molecule has 1 amide bonds. The molecule has 3 aliphatic heterocycles. The summed E-state index contributed by atoms with van der Waals surface area (Å²) in [7, 11) is 0. The van der Waals surface area contributed by atoms with Gasteiger partial charge in [-0.15, -0.1) is 0 Å². The molecule has 0 radical (unpaired) electrons. The molecule has 3 heterocycles. The number of carbonyl (C=O) groups excluding carboxylic acids is 1. The molecule has 114 valence electrons. The van der Waals surface area contributed by atoms with E-state index in [4.69, 9.17) is 10.5 Å². The van der Waals surface area contributed by atoms with Gasteiger partial charge in [0.25, 0.3) is 0 Å². The maximum atomic E-state index is 12.5. The Morgan fingerprint density at radius 1 is 1.10 bits per heavy atom. The number of carbonyl (C=O) groups is 1. The molecule has 3 fully saturated rings. The molecule has 0 saturated carbocycles. The standard InChI is InChI=1S/C15H27N3O2/c16-15(6-11-20-12-15)14(19)18-9-4-13(5-10-18)17-7-2-1-3-8-17/h13H,1-12,16H2. The number of hydrogen-bond acceptors (Lipinski definition) is 4. The fraction of sp³-hybridized carbons (Fsp3) is 0.933. The summed E-state index contributed by atoms with van der Waals surface area (Å²) in [6, 6.07) is 0.674. The van der Waals surface area contributed by atoms with Crippen molar-refractivity contribution in [3.05, 3.63) is 0 Å². The van der Waals surface area contributed by atoms with Crippen LogP contribution in [-0.2, 0) is 9.53 Å². The minimum atomic E-state index is -0.752. The van der Waals surface area contributed by atoms with E-state index in [0.29, 0.717) is 25.7 Å². The number of amides is 1. The van der Waals surface area contributed by atoms with Crippen LogP contribution in [0.15, 0.2) is 0 Å². The molecule has 0 aliphatic carbocycles. The zero-order valence-corrected chi connectivity index (χ0v) is 12.4. The fourth-order valence-electron chi connectivity index (χ4n) is 3.78. The smallest absolute Gasteiger partial charge is 0.245 e. The van der Waals surface area contributed by atoms with Gasteiger partial charge in [-0.2, -0.15) is 0 Å². The normalized spacial score (nSPS) is 33.5. The van der Waals surface area contributed by atoms with E-state index in [1.54, 1.807) is 0 Å². The molecule has 3 saturated heterocycles. The van der Waals surface area contributed by atoms with Gasteiger partial charge in [0, 0.05) is 25.7 Å². The third-order valence-electron chi connectivity index (χ3n) is 5.14. The second-order valence-electron chi connectivity index (χ2n) is 6.58. The van der Waals surface area contributed by atoms with Crippen molar-refractivity contribution in [2.45, 2.75) is 50.1 Å². The van der Waals surface area contributed by atoms with E-state index in [0.717, 1.165) is 25.9 Å². The van der Waals surface area contributed by atoms with Gasteiger partial charge >= 0.3 is 0 Å². The van der Waals surface area contributed by atoms with Crippen LogP contribution in [0.2, 0.25) is 0 Å². The Balaban J connectivity index is 1.51. The zero-order chi connectivity index (χ0) is 14.0. The highest BCUT2D eigenvalue weighted by atomic mass is 16.5.